The molecule has 0 aromatic heterocycles. The summed E-state index contributed by atoms with van der Waals surface area (Å²) in [5.74, 6) is 0.929. The minimum atomic E-state index is -0.354. The fourth-order valence-electron chi connectivity index (χ4n) is 2.73. The standard InChI is InChI=1S/C14H18N2O2.ClH/c15-11-5-3-7-16(9-11)14(17)13-8-10-4-1-2-6-12(10)18-13;/h1-2,4,6,11,13H,3,5,7-9,15H2;1H/t11-,13?;/m1./s1. The lowest BCUT2D eigenvalue weighted by Crippen LogP contribution is -2.50. The maximum Gasteiger partial charge on any atom is 0.264 e. The van der Waals surface area contributed by atoms with Crippen molar-refractivity contribution in [3.63, 3.8) is 0 Å². The fourth-order valence-corrected chi connectivity index (χ4v) is 2.73. The van der Waals surface area contributed by atoms with Gasteiger partial charge in [0.2, 0.25) is 0 Å². The molecule has 1 aromatic carbocycles. The van der Waals surface area contributed by atoms with Crippen molar-refractivity contribution in [1.82, 2.24) is 4.90 Å². The number of likely N-dealkylation sites (tertiary alicyclic amines) is 1. The molecule has 1 unspecified atom stereocenters. The number of fused-ring (bicyclic) bond motifs is 1. The van der Waals surface area contributed by atoms with Gasteiger partial charge in [0.05, 0.1) is 0 Å². The van der Waals surface area contributed by atoms with Gasteiger partial charge in [-0.25, -0.2) is 0 Å². The number of ether oxygens (including phenoxy) is 1. The van der Waals surface area contributed by atoms with Crippen LogP contribution >= 0.6 is 12.4 Å². The molecule has 0 saturated carbocycles. The van der Waals surface area contributed by atoms with Gasteiger partial charge in [0, 0.05) is 25.6 Å². The smallest absolute Gasteiger partial charge is 0.264 e. The van der Waals surface area contributed by atoms with Crippen LogP contribution in [0, 0.1) is 0 Å². The SMILES string of the molecule is Cl.N[C@@H]1CCCN(C(=O)C2Cc3ccccc3O2)C1. The first-order chi connectivity index (χ1) is 8.74. The second-order valence-corrected chi connectivity index (χ2v) is 5.10. The Labute approximate surface area is 119 Å². The molecule has 2 N–H and O–H groups in total. The van der Waals surface area contributed by atoms with Crippen molar-refractivity contribution in [1.29, 1.82) is 0 Å². The summed E-state index contributed by atoms with van der Waals surface area (Å²) in [6.07, 6.45) is 2.33. The van der Waals surface area contributed by atoms with E-state index >= 15 is 0 Å². The van der Waals surface area contributed by atoms with Crippen LogP contribution in [0.5, 0.6) is 5.75 Å². The van der Waals surface area contributed by atoms with Crippen molar-refractivity contribution in [2.75, 3.05) is 13.1 Å². The normalized spacial score (nSPS) is 25.2. The number of carbonyl (C=O) groups is 1. The third kappa shape index (κ3) is 2.85. The summed E-state index contributed by atoms with van der Waals surface area (Å²) < 4.78 is 5.73. The summed E-state index contributed by atoms with van der Waals surface area (Å²) >= 11 is 0. The van der Waals surface area contributed by atoms with E-state index in [-0.39, 0.29) is 30.5 Å². The molecule has 19 heavy (non-hydrogen) atoms. The number of rotatable bonds is 1. The molecule has 2 aliphatic rings. The first kappa shape index (κ1) is 14.2. The number of para-hydroxylation sites is 1. The average Bonchev–Trinajstić information content (AvgIpc) is 2.81. The van der Waals surface area contributed by atoms with E-state index in [1.165, 1.54) is 0 Å². The van der Waals surface area contributed by atoms with E-state index in [4.69, 9.17) is 10.5 Å². The zero-order valence-electron chi connectivity index (χ0n) is 10.7. The van der Waals surface area contributed by atoms with E-state index in [2.05, 4.69) is 0 Å². The maximum absolute atomic E-state index is 12.4. The second-order valence-electron chi connectivity index (χ2n) is 5.10. The molecule has 4 nitrogen and oxygen atoms in total. The van der Waals surface area contributed by atoms with E-state index in [9.17, 15) is 4.79 Å². The number of nitrogens with two attached hydrogens (primary N) is 1. The Kier molecular flexibility index (Phi) is 4.32. The van der Waals surface area contributed by atoms with Crippen molar-refractivity contribution in [2.45, 2.75) is 31.4 Å². The molecule has 2 aliphatic heterocycles. The Hall–Kier alpha value is -1.26. The molecule has 2 heterocycles. The molecular formula is C14H19ClN2O2. The van der Waals surface area contributed by atoms with Gasteiger partial charge in [0.1, 0.15) is 5.75 Å². The molecule has 0 aliphatic carbocycles. The van der Waals surface area contributed by atoms with Crippen LogP contribution in [0.15, 0.2) is 24.3 Å². The summed E-state index contributed by atoms with van der Waals surface area (Å²) in [6.45, 7) is 1.47. The molecule has 2 atom stereocenters. The van der Waals surface area contributed by atoms with Crippen molar-refractivity contribution >= 4 is 18.3 Å². The molecule has 5 heteroatoms. The summed E-state index contributed by atoms with van der Waals surface area (Å²) in [5, 5.41) is 0. The second kappa shape index (κ2) is 5.80. The highest BCUT2D eigenvalue weighted by Crippen LogP contribution is 2.29. The number of piperidine rings is 1. The molecule has 0 bridgehead atoms. The van der Waals surface area contributed by atoms with Gasteiger partial charge in [-0.3, -0.25) is 4.79 Å². The number of hydrogen-bond donors (Lipinski definition) is 1. The zero-order valence-corrected chi connectivity index (χ0v) is 11.6. The topological polar surface area (TPSA) is 55.6 Å². The molecule has 0 spiro atoms. The molecular weight excluding hydrogens is 264 g/mol. The molecule has 3 rings (SSSR count). The van der Waals surface area contributed by atoms with Crippen molar-refractivity contribution in [3.8, 4) is 5.75 Å². The van der Waals surface area contributed by atoms with Crippen LogP contribution in [-0.2, 0) is 11.2 Å². The molecule has 0 radical (unpaired) electrons. The van der Waals surface area contributed by atoms with E-state index < -0.39 is 0 Å². The Morgan fingerprint density at radius 2 is 2.16 bits per heavy atom. The first-order valence-corrected chi connectivity index (χ1v) is 6.53. The first-order valence-electron chi connectivity index (χ1n) is 6.53. The number of carbonyl (C=O) groups excluding carboxylic acids is 1. The summed E-state index contributed by atoms with van der Waals surface area (Å²) in [6, 6.07) is 7.97. The van der Waals surface area contributed by atoms with Gasteiger partial charge in [0.25, 0.3) is 5.91 Å². The number of halogens is 1. The van der Waals surface area contributed by atoms with Crippen LogP contribution in [0.3, 0.4) is 0 Å². The Bertz CT molecular complexity index is 442. The number of benzene rings is 1. The van der Waals surface area contributed by atoms with Crippen LogP contribution < -0.4 is 10.5 Å². The molecule has 1 saturated heterocycles. The van der Waals surface area contributed by atoms with Crippen LogP contribution in [0.25, 0.3) is 0 Å². The van der Waals surface area contributed by atoms with Gasteiger partial charge in [0.15, 0.2) is 6.10 Å². The van der Waals surface area contributed by atoms with Crippen LogP contribution in [-0.4, -0.2) is 36.0 Å². The van der Waals surface area contributed by atoms with Gasteiger partial charge in [-0.2, -0.15) is 0 Å². The van der Waals surface area contributed by atoms with Gasteiger partial charge < -0.3 is 15.4 Å². The monoisotopic (exact) mass is 282 g/mol. The van der Waals surface area contributed by atoms with Crippen molar-refractivity contribution in [2.24, 2.45) is 5.73 Å². The Morgan fingerprint density at radius 3 is 2.89 bits per heavy atom. The number of hydrogen-bond acceptors (Lipinski definition) is 3. The van der Waals surface area contributed by atoms with E-state index in [1.807, 2.05) is 29.2 Å². The summed E-state index contributed by atoms with van der Waals surface area (Å²) in [5.41, 5.74) is 7.03. The van der Waals surface area contributed by atoms with Crippen LogP contribution in [0.1, 0.15) is 18.4 Å². The average molecular weight is 283 g/mol. The molecule has 104 valence electrons. The number of amides is 1. The highest BCUT2D eigenvalue weighted by molar-refractivity contribution is 5.85. The fraction of sp³-hybridized carbons (Fsp3) is 0.500. The summed E-state index contributed by atoms with van der Waals surface area (Å²) in [4.78, 5) is 14.2. The van der Waals surface area contributed by atoms with Crippen molar-refractivity contribution < 1.29 is 9.53 Å². The predicted octanol–water partition coefficient (Wildman–Crippen LogP) is 1.36. The lowest BCUT2D eigenvalue weighted by Gasteiger charge is -2.32. The molecule has 1 fully saturated rings. The van der Waals surface area contributed by atoms with Gasteiger partial charge >= 0.3 is 0 Å². The largest absolute Gasteiger partial charge is 0.480 e. The zero-order chi connectivity index (χ0) is 12.5. The van der Waals surface area contributed by atoms with Gasteiger partial charge in [-0.1, -0.05) is 18.2 Å². The lowest BCUT2D eigenvalue weighted by molar-refractivity contribution is -0.139. The van der Waals surface area contributed by atoms with Gasteiger partial charge in [-0.15, -0.1) is 12.4 Å². The predicted molar refractivity (Wildman–Crippen MR) is 75.6 cm³/mol. The molecule has 1 aromatic rings. The third-order valence-corrected chi connectivity index (χ3v) is 3.69. The highest BCUT2D eigenvalue weighted by Gasteiger charge is 2.33. The summed E-state index contributed by atoms with van der Waals surface area (Å²) in [7, 11) is 0. The highest BCUT2D eigenvalue weighted by atomic mass is 35.5. The van der Waals surface area contributed by atoms with Crippen LogP contribution in [0.2, 0.25) is 0 Å². The Morgan fingerprint density at radius 1 is 1.37 bits per heavy atom. The molecule has 1 amide bonds. The maximum atomic E-state index is 12.4. The number of nitrogens with zero attached hydrogens (tertiary/aromatic N) is 1. The minimum Gasteiger partial charge on any atom is -0.480 e. The minimum absolute atomic E-state index is 0. The van der Waals surface area contributed by atoms with Crippen LogP contribution in [0.4, 0.5) is 0 Å². The van der Waals surface area contributed by atoms with E-state index in [0.29, 0.717) is 13.0 Å². The third-order valence-electron chi connectivity index (χ3n) is 3.69. The quantitative estimate of drug-likeness (QED) is 0.846. The Balaban J connectivity index is 0.00000133. The van der Waals surface area contributed by atoms with Crippen molar-refractivity contribution in [3.05, 3.63) is 29.8 Å². The van der Waals surface area contributed by atoms with E-state index in [1.54, 1.807) is 0 Å². The lowest BCUT2D eigenvalue weighted by atomic mass is 10.0. The van der Waals surface area contributed by atoms with E-state index in [0.717, 1.165) is 30.7 Å². The van der Waals surface area contributed by atoms with Gasteiger partial charge in [-0.05, 0) is 24.5 Å².